The lowest BCUT2D eigenvalue weighted by molar-refractivity contribution is 0.577. The maximum absolute atomic E-state index is 6.27. The number of aromatic nitrogens is 3. The topological polar surface area (TPSA) is 42.7 Å². The average molecular weight is 472 g/mol. The van der Waals surface area contributed by atoms with Gasteiger partial charge in [-0.1, -0.05) is 83.3 Å². The van der Waals surface area contributed by atoms with Crippen LogP contribution >= 0.6 is 34.8 Å². The Morgan fingerprint density at radius 2 is 1.55 bits per heavy atom. The number of hydrogen-bond acceptors (Lipinski definition) is 3. The van der Waals surface area contributed by atoms with Crippen LogP contribution < -0.4 is 5.32 Å². The maximum atomic E-state index is 6.27. The van der Waals surface area contributed by atoms with E-state index in [1.807, 2.05) is 66.7 Å². The summed E-state index contributed by atoms with van der Waals surface area (Å²) in [6.45, 7) is 1.95. The molecule has 0 aliphatic rings. The predicted octanol–water partition coefficient (Wildman–Crippen LogP) is 6.29. The quantitative estimate of drug-likeness (QED) is 0.307. The first-order valence-electron chi connectivity index (χ1n) is 9.97. The van der Waals surface area contributed by atoms with Crippen molar-refractivity contribution in [1.82, 2.24) is 20.3 Å². The van der Waals surface area contributed by atoms with Gasteiger partial charge in [-0.25, -0.2) is 0 Å². The standard InChI is InChI=1S/C24H21Cl3N4/c25-20-9-6-17(7-10-20)16-31-29-23(24(30-31)19-4-2-1-3-5-19)15-28-13-12-18-8-11-21(26)14-22(18)27/h1-11,14,28H,12-13,15-16H2. The Hall–Kier alpha value is -2.37. The number of rotatable bonds is 8. The lowest BCUT2D eigenvalue weighted by Crippen LogP contribution is -2.18. The van der Waals surface area contributed by atoms with E-state index in [9.17, 15) is 0 Å². The highest BCUT2D eigenvalue weighted by Crippen LogP contribution is 2.22. The Labute approximate surface area is 196 Å². The molecular weight excluding hydrogens is 451 g/mol. The van der Waals surface area contributed by atoms with Crippen molar-refractivity contribution in [1.29, 1.82) is 0 Å². The van der Waals surface area contributed by atoms with E-state index in [0.717, 1.165) is 41.0 Å². The van der Waals surface area contributed by atoms with Crippen LogP contribution in [0.1, 0.15) is 16.8 Å². The fourth-order valence-corrected chi connectivity index (χ4v) is 3.93. The maximum Gasteiger partial charge on any atom is 0.117 e. The van der Waals surface area contributed by atoms with Crippen LogP contribution in [-0.2, 0) is 19.5 Å². The van der Waals surface area contributed by atoms with Crippen LogP contribution in [-0.4, -0.2) is 21.5 Å². The summed E-state index contributed by atoms with van der Waals surface area (Å²) in [7, 11) is 0. The number of benzene rings is 3. The fraction of sp³-hybridized carbons (Fsp3) is 0.167. The van der Waals surface area contributed by atoms with Gasteiger partial charge >= 0.3 is 0 Å². The van der Waals surface area contributed by atoms with Crippen LogP contribution in [0.25, 0.3) is 11.3 Å². The number of halogens is 3. The van der Waals surface area contributed by atoms with Gasteiger partial charge in [0.1, 0.15) is 11.4 Å². The van der Waals surface area contributed by atoms with Gasteiger partial charge in [0, 0.05) is 27.2 Å². The van der Waals surface area contributed by atoms with Crippen LogP contribution in [0.2, 0.25) is 15.1 Å². The summed E-state index contributed by atoms with van der Waals surface area (Å²) >= 11 is 18.2. The van der Waals surface area contributed by atoms with E-state index in [4.69, 9.17) is 45.0 Å². The zero-order valence-electron chi connectivity index (χ0n) is 16.7. The van der Waals surface area contributed by atoms with Gasteiger partial charge in [-0.15, -0.1) is 0 Å². The van der Waals surface area contributed by atoms with Crippen molar-refractivity contribution in [3.63, 3.8) is 0 Å². The molecule has 0 spiro atoms. The molecule has 0 saturated heterocycles. The SMILES string of the molecule is Clc1ccc(Cn2nc(CNCCc3ccc(Cl)cc3Cl)c(-c3ccccc3)n2)cc1. The van der Waals surface area contributed by atoms with Crippen molar-refractivity contribution in [2.24, 2.45) is 0 Å². The second kappa shape index (κ2) is 10.3. The van der Waals surface area contributed by atoms with E-state index in [-0.39, 0.29) is 0 Å². The summed E-state index contributed by atoms with van der Waals surface area (Å²) < 4.78 is 0. The molecule has 1 aromatic heterocycles. The molecule has 0 bridgehead atoms. The monoisotopic (exact) mass is 470 g/mol. The minimum absolute atomic E-state index is 0.581. The number of nitrogens with one attached hydrogen (secondary N) is 1. The van der Waals surface area contributed by atoms with Gasteiger partial charge in [-0.2, -0.15) is 15.0 Å². The summed E-state index contributed by atoms with van der Waals surface area (Å²) in [5.74, 6) is 0. The first-order chi connectivity index (χ1) is 15.1. The van der Waals surface area contributed by atoms with E-state index >= 15 is 0 Å². The summed E-state index contributed by atoms with van der Waals surface area (Å²) in [6, 6.07) is 23.4. The van der Waals surface area contributed by atoms with Crippen LogP contribution in [0.15, 0.2) is 72.8 Å². The van der Waals surface area contributed by atoms with E-state index in [0.29, 0.717) is 28.2 Å². The minimum atomic E-state index is 0.581. The Morgan fingerprint density at radius 1 is 0.806 bits per heavy atom. The molecule has 31 heavy (non-hydrogen) atoms. The highest BCUT2D eigenvalue weighted by Gasteiger charge is 2.13. The van der Waals surface area contributed by atoms with Crippen LogP contribution in [0.4, 0.5) is 0 Å². The van der Waals surface area contributed by atoms with Crippen molar-refractivity contribution >= 4 is 34.8 Å². The molecule has 1 N–H and O–H groups in total. The molecule has 0 amide bonds. The van der Waals surface area contributed by atoms with Gasteiger partial charge in [0.15, 0.2) is 0 Å². The number of hydrogen-bond donors (Lipinski definition) is 1. The zero-order valence-corrected chi connectivity index (χ0v) is 19.0. The van der Waals surface area contributed by atoms with E-state index in [1.54, 1.807) is 10.9 Å². The fourth-order valence-electron chi connectivity index (χ4n) is 3.30. The van der Waals surface area contributed by atoms with Crippen LogP contribution in [0, 0.1) is 0 Å². The molecule has 7 heteroatoms. The van der Waals surface area contributed by atoms with Crippen molar-refractivity contribution in [2.75, 3.05) is 6.54 Å². The Morgan fingerprint density at radius 3 is 2.29 bits per heavy atom. The second-order valence-corrected chi connectivity index (χ2v) is 8.46. The summed E-state index contributed by atoms with van der Waals surface area (Å²) in [6.07, 6.45) is 0.801. The first-order valence-corrected chi connectivity index (χ1v) is 11.1. The molecule has 0 radical (unpaired) electrons. The molecule has 0 fully saturated rings. The molecule has 1 heterocycles. The summed E-state index contributed by atoms with van der Waals surface area (Å²) in [4.78, 5) is 1.73. The Bertz CT molecular complexity index is 1140. The van der Waals surface area contributed by atoms with Crippen LogP contribution in [0.3, 0.4) is 0 Å². The molecule has 0 aliphatic carbocycles. The molecule has 0 unspecified atom stereocenters. The van der Waals surface area contributed by atoms with Gasteiger partial charge in [0.25, 0.3) is 0 Å². The average Bonchev–Trinajstić information content (AvgIpc) is 3.17. The third-order valence-electron chi connectivity index (χ3n) is 4.89. The number of nitrogens with zero attached hydrogens (tertiary/aromatic N) is 3. The second-order valence-electron chi connectivity index (χ2n) is 7.18. The Kier molecular flexibility index (Phi) is 7.25. The van der Waals surface area contributed by atoms with Gasteiger partial charge in [-0.3, -0.25) is 0 Å². The largest absolute Gasteiger partial charge is 0.311 e. The first kappa shape index (κ1) is 21.8. The minimum Gasteiger partial charge on any atom is -0.311 e. The van der Waals surface area contributed by atoms with Crippen molar-refractivity contribution < 1.29 is 0 Å². The zero-order chi connectivity index (χ0) is 21.6. The molecule has 0 saturated carbocycles. The summed E-state index contributed by atoms with van der Waals surface area (Å²) in [5.41, 5.74) is 4.99. The van der Waals surface area contributed by atoms with E-state index in [1.165, 1.54) is 0 Å². The van der Waals surface area contributed by atoms with Crippen LogP contribution in [0.5, 0.6) is 0 Å². The lowest BCUT2D eigenvalue weighted by Gasteiger charge is -2.06. The molecule has 0 atom stereocenters. The smallest absolute Gasteiger partial charge is 0.117 e. The van der Waals surface area contributed by atoms with Gasteiger partial charge in [-0.05, 0) is 48.4 Å². The normalized spacial score (nSPS) is 11.1. The van der Waals surface area contributed by atoms with Crippen molar-refractivity contribution in [3.05, 3.63) is 105 Å². The van der Waals surface area contributed by atoms with Gasteiger partial charge < -0.3 is 5.32 Å². The summed E-state index contributed by atoms with van der Waals surface area (Å²) in [5, 5.41) is 15.0. The predicted molar refractivity (Wildman–Crippen MR) is 128 cm³/mol. The highest BCUT2D eigenvalue weighted by molar-refractivity contribution is 6.35. The van der Waals surface area contributed by atoms with Gasteiger partial charge in [0.2, 0.25) is 0 Å². The van der Waals surface area contributed by atoms with Gasteiger partial charge in [0.05, 0.1) is 6.54 Å². The molecule has 4 nitrogen and oxygen atoms in total. The highest BCUT2D eigenvalue weighted by atomic mass is 35.5. The molecule has 4 rings (SSSR count). The van der Waals surface area contributed by atoms with E-state index in [2.05, 4.69) is 5.32 Å². The Balaban J connectivity index is 1.47. The third kappa shape index (κ3) is 5.86. The van der Waals surface area contributed by atoms with Crippen molar-refractivity contribution in [3.8, 4) is 11.3 Å². The molecule has 158 valence electrons. The molecular formula is C24H21Cl3N4. The van der Waals surface area contributed by atoms with Crippen molar-refractivity contribution in [2.45, 2.75) is 19.5 Å². The lowest BCUT2D eigenvalue weighted by atomic mass is 10.1. The third-order valence-corrected chi connectivity index (χ3v) is 5.73. The molecule has 4 aromatic rings. The molecule has 0 aliphatic heterocycles. The van der Waals surface area contributed by atoms with E-state index < -0.39 is 0 Å². The molecule has 3 aromatic carbocycles.